The van der Waals surface area contributed by atoms with Gasteiger partial charge in [-0.15, -0.1) is 0 Å². The molecule has 7 heteroatoms. The number of ether oxygens (including phenoxy) is 1. The normalized spacial score (nSPS) is 18.1. The van der Waals surface area contributed by atoms with Crippen molar-refractivity contribution in [3.8, 4) is 0 Å². The molecule has 1 aliphatic heterocycles. The Morgan fingerprint density at radius 3 is 2.68 bits per heavy atom. The van der Waals surface area contributed by atoms with Crippen molar-refractivity contribution in [2.45, 2.75) is 24.8 Å². The Bertz CT molecular complexity index is 624. The van der Waals surface area contributed by atoms with Crippen LogP contribution in [-0.4, -0.2) is 58.0 Å². The standard InChI is InChI=1S/C15H22N2O4S/c1-12(11-17-6-8-21-9-7-17)16-22(19,20)15-5-3-4-14(10-15)13(2)18/h3-5,10,12,16H,6-9,11H2,1-2H3. The third kappa shape index (κ3) is 4.61. The van der Waals surface area contributed by atoms with Crippen molar-refractivity contribution in [1.29, 1.82) is 0 Å². The highest BCUT2D eigenvalue weighted by Crippen LogP contribution is 2.13. The van der Waals surface area contributed by atoms with E-state index in [1.807, 2.05) is 6.92 Å². The molecule has 1 atom stereocenters. The lowest BCUT2D eigenvalue weighted by molar-refractivity contribution is 0.0354. The van der Waals surface area contributed by atoms with Crippen molar-refractivity contribution < 1.29 is 17.9 Å². The van der Waals surface area contributed by atoms with Gasteiger partial charge in [0, 0.05) is 31.2 Å². The number of morpholine rings is 1. The third-order valence-electron chi connectivity index (χ3n) is 3.54. The molecule has 0 aliphatic carbocycles. The molecular formula is C15H22N2O4S. The highest BCUT2D eigenvalue weighted by Gasteiger charge is 2.20. The van der Waals surface area contributed by atoms with E-state index in [1.165, 1.54) is 19.1 Å². The Morgan fingerprint density at radius 1 is 1.36 bits per heavy atom. The van der Waals surface area contributed by atoms with E-state index in [1.54, 1.807) is 12.1 Å². The lowest BCUT2D eigenvalue weighted by atomic mass is 10.2. The first-order valence-corrected chi connectivity index (χ1v) is 8.80. The molecule has 1 unspecified atom stereocenters. The van der Waals surface area contributed by atoms with Crippen LogP contribution in [0.2, 0.25) is 0 Å². The van der Waals surface area contributed by atoms with Crippen molar-refractivity contribution >= 4 is 15.8 Å². The lowest BCUT2D eigenvalue weighted by Crippen LogP contribution is -2.45. The predicted octanol–water partition coefficient (Wildman–Crippen LogP) is 0.888. The van der Waals surface area contributed by atoms with E-state index in [9.17, 15) is 13.2 Å². The second-order valence-electron chi connectivity index (χ2n) is 5.52. The van der Waals surface area contributed by atoms with Crippen molar-refractivity contribution in [2.75, 3.05) is 32.8 Å². The largest absolute Gasteiger partial charge is 0.379 e. The summed E-state index contributed by atoms with van der Waals surface area (Å²) in [6.45, 7) is 6.87. The van der Waals surface area contributed by atoms with E-state index < -0.39 is 10.0 Å². The Hall–Kier alpha value is -1.28. The van der Waals surface area contributed by atoms with Gasteiger partial charge in [0.15, 0.2) is 5.78 Å². The maximum atomic E-state index is 12.4. The highest BCUT2D eigenvalue weighted by atomic mass is 32.2. The predicted molar refractivity (Wildman–Crippen MR) is 83.5 cm³/mol. The van der Waals surface area contributed by atoms with Crippen LogP contribution >= 0.6 is 0 Å². The average molecular weight is 326 g/mol. The molecule has 122 valence electrons. The van der Waals surface area contributed by atoms with Crippen LogP contribution in [0.3, 0.4) is 0 Å². The Morgan fingerprint density at radius 2 is 2.05 bits per heavy atom. The van der Waals surface area contributed by atoms with Crippen LogP contribution in [0.25, 0.3) is 0 Å². The molecule has 0 radical (unpaired) electrons. The molecular weight excluding hydrogens is 304 g/mol. The molecule has 0 amide bonds. The number of Topliss-reactive ketones (excluding diaryl/α,β-unsaturated/α-hetero) is 1. The quantitative estimate of drug-likeness (QED) is 0.786. The molecule has 22 heavy (non-hydrogen) atoms. The molecule has 0 saturated carbocycles. The van der Waals surface area contributed by atoms with Gasteiger partial charge in [-0.25, -0.2) is 13.1 Å². The number of nitrogens with zero attached hydrogens (tertiary/aromatic N) is 1. The third-order valence-corrected chi connectivity index (χ3v) is 5.13. The van der Waals surface area contributed by atoms with E-state index in [0.717, 1.165) is 13.1 Å². The minimum Gasteiger partial charge on any atom is -0.379 e. The van der Waals surface area contributed by atoms with E-state index >= 15 is 0 Å². The molecule has 1 saturated heterocycles. The summed E-state index contributed by atoms with van der Waals surface area (Å²) in [5.74, 6) is -0.154. The molecule has 1 aliphatic rings. The molecule has 6 nitrogen and oxygen atoms in total. The number of hydrogen-bond donors (Lipinski definition) is 1. The zero-order valence-corrected chi connectivity index (χ0v) is 13.7. The van der Waals surface area contributed by atoms with Gasteiger partial charge < -0.3 is 4.74 Å². The maximum absolute atomic E-state index is 12.4. The fourth-order valence-electron chi connectivity index (χ4n) is 2.42. The number of carbonyl (C=O) groups excluding carboxylic acids is 1. The fraction of sp³-hybridized carbons (Fsp3) is 0.533. The van der Waals surface area contributed by atoms with Crippen LogP contribution in [0.1, 0.15) is 24.2 Å². The first kappa shape index (κ1) is 17.1. The maximum Gasteiger partial charge on any atom is 0.240 e. The van der Waals surface area contributed by atoms with Gasteiger partial charge in [-0.1, -0.05) is 12.1 Å². The number of benzene rings is 1. The molecule has 2 rings (SSSR count). The first-order chi connectivity index (χ1) is 10.4. The molecule has 0 spiro atoms. The van der Waals surface area contributed by atoms with Gasteiger partial charge in [-0.05, 0) is 26.0 Å². The topological polar surface area (TPSA) is 75.7 Å². The Labute approximate surface area is 131 Å². The fourth-order valence-corrected chi connectivity index (χ4v) is 3.70. The minimum atomic E-state index is -3.63. The summed E-state index contributed by atoms with van der Waals surface area (Å²) in [5, 5.41) is 0. The van der Waals surface area contributed by atoms with Crippen LogP contribution in [0.15, 0.2) is 29.2 Å². The molecule has 1 aromatic rings. The van der Waals surface area contributed by atoms with Gasteiger partial charge in [0.25, 0.3) is 0 Å². The summed E-state index contributed by atoms with van der Waals surface area (Å²) < 4.78 is 32.7. The average Bonchev–Trinajstić information content (AvgIpc) is 2.47. The Balaban J connectivity index is 2.03. The van der Waals surface area contributed by atoms with Crippen LogP contribution < -0.4 is 4.72 Å². The van der Waals surface area contributed by atoms with Crippen molar-refractivity contribution in [3.63, 3.8) is 0 Å². The number of rotatable bonds is 6. The zero-order valence-electron chi connectivity index (χ0n) is 12.9. The van der Waals surface area contributed by atoms with Crippen molar-refractivity contribution in [2.24, 2.45) is 0 Å². The van der Waals surface area contributed by atoms with Crippen molar-refractivity contribution in [3.05, 3.63) is 29.8 Å². The van der Waals surface area contributed by atoms with Gasteiger partial charge in [0.2, 0.25) is 10.0 Å². The summed E-state index contributed by atoms with van der Waals surface area (Å²) >= 11 is 0. The van der Waals surface area contributed by atoms with Gasteiger partial charge in [-0.3, -0.25) is 9.69 Å². The smallest absolute Gasteiger partial charge is 0.240 e. The molecule has 1 aromatic carbocycles. The minimum absolute atomic E-state index is 0.119. The monoisotopic (exact) mass is 326 g/mol. The summed E-state index contributed by atoms with van der Waals surface area (Å²) in [5.41, 5.74) is 0.392. The van der Waals surface area contributed by atoms with Crippen LogP contribution in [0.4, 0.5) is 0 Å². The summed E-state index contributed by atoms with van der Waals surface area (Å²) in [6.07, 6.45) is 0. The summed E-state index contributed by atoms with van der Waals surface area (Å²) in [6, 6.07) is 5.88. The van der Waals surface area contributed by atoms with Crippen LogP contribution in [0.5, 0.6) is 0 Å². The Kier molecular flexibility index (Phi) is 5.69. The molecule has 1 fully saturated rings. The number of carbonyl (C=O) groups is 1. The van der Waals surface area contributed by atoms with Gasteiger partial charge in [0.05, 0.1) is 18.1 Å². The van der Waals surface area contributed by atoms with E-state index in [4.69, 9.17) is 4.74 Å². The van der Waals surface area contributed by atoms with Crippen LogP contribution in [0, 0.1) is 0 Å². The van der Waals surface area contributed by atoms with E-state index in [0.29, 0.717) is 25.3 Å². The van der Waals surface area contributed by atoms with Gasteiger partial charge >= 0.3 is 0 Å². The lowest BCUT2D eigenvalue weighted by Gasteiger charge is -2.29. The number of ketones is 1. The van der Waals surface area contributed by atoms with E-state index in [2.05, 4.69) is 9.62 Å². The zero-order chi connectivity index (χ0) is 16.2. The SMILES string of the molecule is CC(=O)c1cccc(S(=O)(=O)NC(C)CN2CCOCC2)c1. The molecule has 0 aromatic heterocycles. The van der Waals surface area contributed by atoms with Gasteiger partial charge in [0.1, 0.15) is 0 Å². The summed E-state index contributed by atoms with van der Waals surface area (Å²) in [7, 11) is -3.63. The number of sulfonamides is 1. The summed E-state index contributed by atoms with van der Waals surface area (Å²) in [4.78, 5) is 13.7. The van der Waals surface area contributed by atoms with E-state index in [-0.39, 0.29) is 16.7 Å². The van der Waals surface area contributed by atoms with Crippen molar-refractivity contribution in [1.82, 2.24) is 9.62 Å². The molecule has 1 N–H and O–H groups in total. The van der Waals surface area contributed by atoms with Gasteiger partial charge in [-0.2, -0.15) is 0 Å². The molecule has 0 bridgehead atoms. The van der Waals surface area contributed by atoms with Crippen LogP contribution in [-0.2, 0) is 14.8 Å². The second-order valence-corrected chi connectivity index (χ2v) is 7.23. The second kappa shape index (κ2) is 7.32. The first-order valence-electron chi connectivity index (χ1n) is 7.32. The number of hydrogen-bond acceptors (Lipinski definition) is 5. The highest BCUT2D eigenvalue weighted by molar-refractivity contribution is 7.89. The number of nitrogens with one attached hydrogen (secondary N) is 1. The molecule has 1 heterocycles.